The first kappa shape index (κ1) is 24.1. The number of nitrogens with one attached hydrogen (secondary N) is 1. The van der Waals surface area contributed by atoms with Crippen LogP contribution < -0.4 is 5.48 Å². The zero-order valence-electron chi connectivity index (χ0n) is 21.2. The van der Waals surface area contributed by atoms with Crippen molar-refractivity contribution in [2.75, 3.05) is 0 Å². The molecule has 32 heavy (non-hydrogen) atoms. The van der Waals surface area contributed by atoms with Crippen molar-refractivity contribution in [3.05, 3.63) is 11.6 Å². The smallest absolute Gasteiger partial charge is 0.428 e. The Hall–Kier alpha value is -1.03. The Bertz CT molecular complexity index is 717. The maximum absolute atomic E-state index is 10.8. The number of carbonyl (C=O) groups is 1. The summed E-state index contributed by atoms with van der Waals surface area (Å²) in [5.74, 6) is 5.11. The lowest BCUT2D eigenvalue weighted by Gasteiger charge is -2.58. The van der Waals surface area contributed by atoms with Crippen LogP contribution in [0.3, 0.4) is 0 Å². The van der Waals surface area contributed by atoms with E-state index in [1.54, 1.807) is 5.57 Å². The summed E-state index contributed by atoms with van der Waals surface area (Å²) in [7, 11) is 0. The van der Waals surface area contributed by atoms with Gasteiger partial charge in [0, 0.05) is 0 Å². The first-order valence-corrected chi connectivity index (χ1v) is 13.5. The Labute approximate surface area is 195 Å². The van der Waals surface area contributed by atoms with Crippen molar-refractivity contribution in [2.24, 2.45) is 46.3 Å². The van der Waals surface area contributed by atoms with E-state index in [9.17, 15) is 4.79 Å². The maximum atomic E-state index is 10.8. The second kappa shape index (κ2) is 9.31. The Morgan fingerprint density at radius 2 is 1.91 bits per heavy atom. The number of hydrogen-bond donors (Lipinski definition) is 2. The molecule has 4 aliphatic rings. The van der Waals surface area contributed by atoms with Crippen LogP contribution in [0.1, 0.15) is 105 Å². The average Bonchev–Trinajstić information content (AvgIpc) is 3.09. The molecule has 8 atom stereocenters. The molecule has 0 saturated heterocycles. The van der Waals surface area contributed by atoms with Gasteiger partial charge in [-0.1, -0.05) is 65.5 Å². The topological polar surface area (TPSA) is 58.6 Å². The fraction of sp³-hybridized carbons (Fsp3) is 0.893. The first-order valence-electron chi connectivity index (χ1n) is 13.5. The molecule has 182 valence electrons. The number of fused-ring (bicyclic) bond motifs is 5. The molecule has 4 heteroatoms. The fourth-order valence-corrected chi connectivity index (χ4v) is 8.89. The molecule has 0 unspecified atom stereocenters. The number of allylic oxidation sites excluding steroid dienone is 1. The van der Waals surface area contributed by atoms with Crippen molar-refractivity contribution in [1.29, 1.82) is 0 Å². The standard InChI is InChI=1S/C28H47NO3/c1-18(2)7-6-8-19(3)23-11-12-24-22-10-9-20-17-21(32-29-26(30)31)13-15-27(20,4)25(22)14-16-28(23,24)5/h9,18-19,21-25,29H,6-8,10-17H2,1-5H3,(H,30,31)/t19-,21+,22+,23-,24+,25+,27+,28-/m1/s1. The van der Waals surface area contributed by atoms with Crippen molar-refractivity contribution >= 4 is 6.09 Å². The second-order valence-electron chi connectivity index (χ2n) is 12.7. The highest BCUT2D eigenvalue weighted by molar-refractivity contribution is 5.62. The second-order valence-corrected chi connectivity index (χ2v) is 12.7. The summed E-state index contributed by atoms with van der Waals surface area (Å²) in [6.45, 7) is 12.4. The van der Waals surface area contributed by atoms with Crippen LogP contribution in [-0.4, -0.2) is 17.3 Å². The van der Waals surface area contributed by atoms with Crippen LogP contribution in [0.5, 0.6) is 0 Å². The number of hydroxylamine groups is 1. The van der Waals surface area contributed by atoms with E-state index in [1.807, 2.05) is 0 Å². The largest absolute Gasteiger partial charge is 0.464 e. The lowest BCUT2D eigenvalue weighted by Crippen LogP contribution is -2.51. The molecule has 0 spiro atoms. The normalized spacial score (nSPS) is 41.9. The molecule has 1 amide bonds. The van der Waals surface area contributed by atoms with Gasteiger partial charge in [0.25, 0.3) is 0 Å². The molecule has 0 aliphatic heterocycles. The van der Waals surface area contributed by atoms with Gasteiger partial charge in [0.2, 0.25) is 0 Å². The van der Waals surface area contributed by atoms with Gasteiger partial charge in [-0.3, -0.25) is 4.84 Å². The van der Waals surface area contributed by atoms with Crippen molar-refractivity contribution in [3.8, 4) is 0 Å². The van der Waals surface area contributed by atoms with E-state index in [4.69, 9.17) is 9.94 Å². The van der Waals surface area contributed by atoms with Crippen LogP contribution in [-0.2, 0) is 4.84 Å². The van der Waals surface area contributed by atoms with Gasteiger partial charge in [-0.25, -0.2) is 4.79 Å². The van der Waals surface area contributed by atoms with Crippen LogP contribution in [0.15, 0.2) is 11.6 Å². The third-order valence-electron chi connectivity index (χ3n) is 10.6. The molecule has 4 rings (SSSR count). The maximum Gasteiger partial charge on any atom is 0.428 e. The summed E-state index contributed by atoms with van der Waals surface area (Å²) < 4.78 is 0. The zero-order valence-corrected chi connectivity index (χ0v) is 21.2. The zero-order chi connectivity index (χ0) is 23.1. The number of carboxylic acid groups (broad SMARTS) is 1. The van der Waals surface area contributed by atoms with Crippen molar-refractivity contribution < 1.29 is 14.7 Å². The van der Waals surface area contributed by atoms with Gasteiger partial charge in [-0.05, 0) is 97.7 Å². The first-order chi connectivity index (χ1) is 15.1. The molecular formula is C28H47NO3. The highest BCUT2D eigenvalue weighted by Crippen LogP contribution is 2.67. The van der Waals surface area contributed by atoms with E-state index < -0.39 is 6.09 Å². The van der Waals surface area contributed by atoms with E-state index in [2.05, 4.69) is 46.2 Å². The lowest BCUT2D eigenvalue weighted by atomic mass is 9.47. The third-order valence-corrected chi connectivity index (χ3v) is 10.6. The van der Waals surface area contributed by atoms with Gasteiger partial charge < -0.3 is 5.11 Å². The SMILES string of the molecule is CC(C)CCC[C@@H](C)[C@H]1CC[C@H]2[C@@H]3CC=C4C[C@@H](ONC(=O)O)CC[C@]4(C)[C@H]3CC[C@]12C. The molecule has 0 aromatic carbocycles. The highest BCUT2D eigenvalue weighted by Gasteiger charge is 2.59. The summed E-state index contributed by atoms with van der Waals surface area (Å²) in [4.78, 5) is 16.3. The summed E-state index contributed by atoms with van der Waals surface area (Å²) >= 11 is 0. The Morgan fingerprint density at radius 3 is 2.62 bits per heavy atom. The Balaban J connectivity index is 1.44. The quantitative estimate of drug-likeness (QED) is 0.313. The van der Waals surface area contributed by atoms with Crippen LogP contribution in [0, 0.1) is 46.3 Å². The fourth-order valence-electron chi connectivity index (χ4n) is 8.89. The van der Waals surface area contributed by atoms with Crippen LogP contribution in [0.25, 0.3) is 0 Å². The predicted molar refractivity (Wildman–Crippen MR) is 129 cm³/mol. The number of rotatable bonds is 7. The minimum absolute atomic E-state index is 0.0154. The molecule has 3 saturated carbocycles. The van der Waals surface area contributed by atoms with E-state index in [-0.39, 0.29) is 11.5 Å². The van der Waals surface area contributed by atoms with E-state index in [0.29, 0.717) is 5.41 Å². The summed E-state index contributed by atoms with van der Waals surface area (Å²) in [5, 5.41) is 8.87. The monoisotopic (exact) mass is 445 g/mol. The molecule has 3 fully saturated rings. The van der Waals surface area contributed by atoms with Crippen LogP contribution in [0.2, 0.25) is 0 Å². The van der Waals surface area contributed by atoms with Crippen LogP contribution >= 0.6 is 0 Å². The van der Waals surface area contributed by atoms with Crippen LogP contribution in [0.4, 0.5) is 4.79 Å². The minimum Gasteiger partial charge on any atom is -0.464 e. The molecule has 0 bridgehead atoms. The van der Waals surface area contributed by atoms with Gasteiger partial charge >= 0.3 is 6.09 Å². The molecule has 4 aliphatic carbocycles. The predicted octanol–water partition coefficient (Wildman–Crippen LogP) is 7.60. The molecule has 0 aromatic rings. The molecule has 0 aromatic heterocycles. The van der Waals surface area contributed by atoms with Crippen molar-refractivity contribution in [1.82, 2.24) is 5.48 Å². The summed E-state index contributed by atoms with van der Waals surface area (Å²) in [6, 6.07) is 0. The molecule has 0 heterocycles. The Kier molecular flexibility index (Phi) is 7.02. The molecule has 4 nitrogen and oxygen atoms in total. The third kappa shape index (κ3) is 4.38. The Morgan fingerprint density at radius 1 is 1.12 bits per heavy atom. The van der Waals surface area contributed by atoms with E-state index >= 15 is 0 Å². The van der Waals surface area contributed by atoms with Crippen molar-refractivity contribution in [2.45, 2.75) is 111 Å². The summed E-state index contributed by atoms with van der Waals surface area (Å²) in [6.07, 6.45) is 15.5. The van der Waals surface area contributed by atoms with Gasteiger partial charge in [0.05, 0.1) is 6.10 Å². The van der Waals surface area contributed by atoms with E-state index in [1.165, 1.54) is 51.4 Å². The van der Waals surface area contributed by atoms with Gasteiger partial charge in [-0.15, -0.1) is 0 Å². The molecular weight excluding hydrogens is 398 g/mol. The van der Waals surface area contributed by atoms with E-state index in [0.717, 1.165) is 54.8 Å². The lowest BCUT2D eigenvalue weighted by molar-refractivity contribution is -0.0758. The molecule has 0 radical (unpaired) electrons. The van der Waals surface area contributed by atoms with Crippen molar-refractivity contribution in [3.63, 3.8) is 0 Å². The highest BCUT2D eigenvalue weighted by atomic mass is 16.7. The van der Waals surface area contributed by atoms with Gasteiger partial charge in [-0.2, -0.15) is 5.48 Å². The number of hydrogen-bond acceptors (Lipinski definition) is 2. The molecule has 2 N–H and O–H groups in total. The summed E-state index contributed by atoms with van der Waals surface area (Å²) in [5.41, 5.74) is 4.50. The van der Waals surface area contributed by atoms with Gasteiger partial charge in [0.15, 0.2) is 0 Å². The number of amides is 1. The average molecular weight is 446 g/mol. The minimum atomic E-state index is -1.10. The van der Waals surface area contributed by atoms with Gasteiger partial charge in [0.1, 0.15) is 0 Å².